The first kappa shape index (κ1) is 15.7. The van der Waals surface area contributed by atoms with Crippen molar-refractivity contribution in [2.45, 2.75) is 26.2 Å². The maximum atomic E-state index is 12.4. The number of nitrogens with one attached hydrogen (secondary N) is 1. The van der Waals surface area contributed by atoms with Crippen LogP contribution < -0.4 is 14.8 Å². The maximum absolute atomic E-state index is 12.4. The minimum Gasteiger partial charge on any atom is -0.496 e. The molecule has 0 heterocycles. The minimum absolute atomic E-state index is 0.0356. The third kappa shape index (κ3) is 2.74. The summed E-state index contributed by atoms with van der Waals surface area (Å²) in [5.74, 6) is 1.83. The lowest BCUT2D eigenvalue weighted by Crippen LogP contribution is -2.31. The first-order chi connectivity index (χ1) is 11.2. The lowest BCUT2D eigenvalue weighted by Gasteiger charge is -2.16. The Morgan fingerprint density at radius 2 is 1.78 bits per heavy atom. The largest absolute Gasteiger partial charge is 0.496 e. The number of hydrogen-bond acceptors (Lipinski definition) is 3. The zero-order chi connectivity index (χ0) is 16.4. The Kier molecular flexibility index (Phi) is 4.42. The number of aryl methyl sites for hydroxylation is 1. The van der Waals surface area contributed by atoms with Crippen LogP contribution in [0.2, 0.25) is 0 Å². The highest BCUT2D eigenvalue weighted by Crippen LogP contribution is 2.40. The van der Waals surface area contributed by atoms with Crippen LogP contribution in [0.5, 0.6) is 11.5 Å². The standard InChI is InChI=1S/C19H23NO3/c1-4-20-19(21)13-5-8-14-16(22-2)9-6-12-7-10-17(23-3)15(11-13)18(12)14/h6-7,9-10,13H,4-5,8,11H2,1-3H3,(H,20,21). The smallest absolute Gasteiger partial charge is 0.223 e. The summed E-state index contributed by atoms with van der Waals surface area (Å²) in [4.78, 5) is 12.4. The molecule has 0 saturated heterocycles. The van der Waals surface area contributed by atoms with E-state index in [4.69, 9.17) is 9.47 Å². The highest BCUT2D eigenvalue weighted by Gasteiger charge is 2.27. The summed E-state index contributed by atoms with van der Waals surface area (Å²) in [6, 6.07) is 8.16. The predicted octanol–water partition coefficient (Wildman–Crippen LogP) is 3.10. The van der Waals surface area contributed by atoms with Crippen molar-refractivity contribution in [1.82, 2.24) is 5.32 Å². The molecule has 1 unspecified atom stereocenters. The van der Waals surface area contributed by atoms with E-state index in [9.17, 15) is 4.79 Å². The zero-order valence-electron chi connectivity index (χ0n) is 13.9. The topological polar surface area (TPSA) is 47.6 Å². The molecule has 0 radical (unpaired) electrons. The van der Waals surface area contributed by atoms with Gasteiger partial charge in [-0.15, -0.1) is 0 Å². The molecule has 0 aliphatic heterocycles. The average Bonchev–Trinajstić information content (AvgIpc) is 2.77. The molecule has 0 spiro atoms. The molecule has 3 rings (SSSR count). The fourth-order valence-electron chi connectivity index (χ4n) is 3.57. The molecule has 0 aromatic heterocycles. The molecule has 0 saturated carbocycles. The quantitative estimate of drug-likeness (QED) is 0.943. The summed E-state index contributed by atoms with van der Waals surface area (Å²) in [7, 11) is 3.38. The number of carbonyl (C=O) groups is 1. The molecule has 23 heavy (non-hydrogen) atoms. The first-order valence-electron chi connectivity index (χ1n) is 8.12. The Morgan fingerprint density at radius 1 is 1.13 bits per heavy atom. The van der Waals surface area contributed by atoms with Crippen LogP contribution in [0, 0.1) is 5.92 Å². The monoisotopic (exact) mass is 313 g/mol. The molecule has 1 atom stereocenters. The number of methoxy groups -OCH3 is 2. The van der Waals surface area contributed by atoms with E-state index in [0.717, 1.165) is 29.9 Å². The van der Waals surface area contributed by atoms with Gasteiger partial charge in [-0.05, 0) is 49.1 Å². The molecule has 0 fully saturated rings. The van der Waals surface area contributed by atoms with Crippen molar-refractivity contribution in [1.29, 1.82) is 0 Å². The maximum Gasteiger partial charge on any atom is 0.223 e. The summed E-state index contributed by atoms with van der Waals surface area (Å²) >= 11 is 0. The highest BCUT2D eigenvalue weighted by atomic mass is 16.5. The lowest BCUT2D eigenvalue weighted by molar-refractivity contribution is -0.125. The SMILES string of the molecule is CCNC(=O)C1CCc2c(OC)ccc3ccc(OC)c(c23)C1. The van der Waals surface area contributed by atoms with Crippen molar-refractivity contribution >= 4 is 16.7 Å². The van der Waals surface area contributed by atoms with E-state index in [1.54, 1.807) is 14.2 Å². The van der Waals surface area contributed by atoms with Gasteiger partial charge in [0.1, 0.15) is 11.5 Å². The summed E-state index contributed by atoms with van der Waals surface area (Å²) < 4.78 is 11.1. The minimum atomic E-state index is -0.0356. The highest BCUT2D eigenvalue weighted by molar-refractivity contribution is 5.94. The Labute approximate surface area is 136 Å². The van der Waals surface area contributed by atoms with Gasteiger partial charge >= 0.3 is 0 Å². The molecule has 122 valence electrons. The summed E-state index contributed by atoms with van der Waals surface area (Å²) in [6.45, 7) is 2.61. The number of hydrogen-bond donors (Lipinski definition) is 1. The van der Waals surface area contributed by atoms with Gasteiger partial charge in [0.05, 0.1) is 14.2 Å². The number of rotatable bonds is 4. The number of carbonyl (C=O) groups excluding carboxylic acids is 1. The van der Waals surface area contributed by atoms with Gasteiger partial charge in [-0.3, -0.25) is 4.79 Å². The van der Waals surface area contributed by atoms with Crippen LogP contribution in [-0.4, -0.2) is 26.7 Å². The Bertz CT molecular complexity index is 734. The van der Waals surface area contributed by atoms with Crippen LogP contribution in [-0.2, 0) is 17.6 Å². The molecule has 2 aromatic rings. The van der Waals surface area contributed by atoms with Crippen molar-refractivity contribution in [3.8, 4) is 11.5 Å². The van der Waals surface area contributed by atoms with Gasteiger partial charge in [0.25, 0.3) is 0 Å². The molecule has 1 N–H and O–H groups in total. The average molecular weight is 313 g/mol. The number of ether oxygens (including phenoxy) is 2. The zero-order valence-corrected chi connectivity index (χ0v) is 13.9. The van der Waals surface area contributed by atoms with Crippen LogP contribution in [0.25, 0.3) is 10.8 Å². The molecule has 1 amide bonds. The third-order valence-corrected chi connectivity index (χ3v) is 4.67. The lowest BCUT2D eigenvalue weighted by atomic mass is 9.94. The molecule has 0 bridgehead atoms. The number of benzene rings is 2. The van der Waals surface area contributed by atoms with Gasteiger partial charge < -0.3 is 14.8 Å². The van der Waals surface area contributed by atoms with Crippen LogP contribution in [0.15, 0.2) is 24.3 Å². The normalized spacial score (nSPS) is 16.7. The van der Waals surface area contributed by atoms with Crippen LogP contribution in [0.1, 0.15) is 24.5 Å². The van der Waals surface area contributed by atoms with Crippen molar-refractivity contribution in [2.24, 2.45) is 5.92 Å². The van der Waals surface area contributed by atoms with Crippen molar-refractivity contribution < 1.29 is 14.3 Å². The fourth-order valence-corrected chi connectivity index (χ4v) is 3.57. The van der Waals surface area contributed by atoms with Crippen LogP contribution >= 0.6 is 0 Å². The van der Waals surface area contributed by atoms with Crippen molar-refractivity contribution in [3.63, 3.8) is 0 Å². The van der Waals surface area contributed by atoms with Crippen LogP contribution in [0.3, 0.4) is 0 Å². The van der Waals surface area contributed by atoms with Gasteiger partial charge in [0.2, 0.25) is 5.91 Å². The van der Waals surface area contributed by atoms with E-state index in [2.05, 4.69) is 17.4 Å². The van der Waals surface area contributed by atoms with Gasteiger partial charge in [-0.25, -0.2) is 0 Å². The molecule has 4 heteroatoms. The van der Waals surface area contributed by atoms with Gasteiger partial charge in [-0.2, -0.15) is 0 Å². The molecular weight excluding hydrogens is 290 g/mol. The fraction of sp³-hybridized carbons (Fsp3) is 0.421. The van der Waals surface area contributed by atoms with E-state index < -0.39 is 0 Å². The van der Waals surface area contributed by atoms with Gasteiger partial charge in [0.15, 0.2) is 0 Å². The summed E-state index contributed by atoms with van der Waals surface area (Å²) in [6.07, 6.45) is 2.36. The third-order valence-electron chi connectivity index (χ3n) is 4.67. The van der Waals surface area contributed by atoms with E-state index in [-0.39, 0.29) is 11.8 Å². The summed E-state index contributed by atoms with van der Waals surface area (Å²) in [5, 5.41) is 5.32. The van der Waals surface area contributed by atoms with E-state index in [1.807, 2.05) is 19.1 Å². The molecular formula is C19H23NO3. The summed E-state index contributed by atoms with van der Waals surface area (Å²) in [5.41, 5.74) is 2.30. The van der Waals surface area contributed by atoms with Crippen molar-refractivity contribution in [2.75, 3.05) is 20.8 Å². The second kappa shape index (κ2) is 6.49. The molecule has 1 aliphatic rings. The van der Waals surface area contributed by atoms with Gasteiger partial charge in [-0.1, -0.05) is 12.1 Å². The number of amides is 1. The van der Waals surface area contributed by atoms with Gasteiger partial charge in [0, 0.05) is 23.6 Å². The predicted molar refractivity (Wildman–Crippen MR) is 91.3 cm³/mol. The van der Waals surface area contributed by atoms with E-state index in [1.165, 1.54) is 16.3 Å². The molecule has 4 nitrogen and oxygen atoms in total. The van der Waals surface area contributed by atoms with E-state index in [0.29, 0.717) is 13.0 Å². The second-order valence-corrected chi connectivity index (χ2v) is 5.93. The Balaban J connectivity index is 2.17. The van der Waals surface area contributed by atoms with Crippen molar-refractivity contribution in [3.05, 3.63) is 35.4 Å². The van der Waals surface area contributed by atoms with Crippen LogP contribution in [0.4, 0.5) is 0 Å². The first-order valence-corrected chi connectivity index (χ1v) is 8.12. The second-order valence-electron chi connectivity index (χ2n) is 5.93. The Hall–Kier alpha value is -2.23. The Morgan fingerprint density at radius 3 is 2.39 bits per heavy atom. The van der Waals surface area contributed by atoms with E-state index >= 15 is 0 Å². The molecule has 2 aromatic carbocycles. The molecule has 1 aliphatic carbocycles.